The Kier molecular flexibility index (Phi) is 7.30. The van der Waals surface area contributed by atoms with E-state index in [1.165, 1.54) is 11.6 Å². The van der Waals surface area contributed by atoms with Crippen molar-refractivity contribution in [1.29, 1.82) is 5.26 Å². The van der Waals surface area contributed by atoms with Crippen LogP contribution in [-0.4, -0.2) is 89.4 Å². The van der Waals surface area contributed by atoms with Crippen molar-refractivity contribution in [1.82, 2.24) is 25.0 Å². The highest BCUT2D eigenvalue weighted by atomic mass is 16.5. The molecule has 5 heterocycles. The largest absolute Gasteiger partial charge is 0.475 e. The number of H-pyrrole nitrogens is 1. The Balaban J connectivity index is 1.39. The predicted octanol–water partition coefficient (Wildman–Crippen LogP) is 3.40. The number of hydrogen-bond donors (Lipinski definition) is 1. The Labute approximate surface area is 241 Å². The number of anilines is 2. The number of benzene rings is 1. The fraction of sp³-hybridized carbons (Fsp3) is 0.484. The zero-order chi connectivity index (χ0) is 28.7. The van der Waals surface area contributed by atoms with Gasteiger partial charge in [0.25, 0.3) is 0 Å². The van der Waals surface area contributed by atoms with Gasteiger partial charge in [0.15, 0.2) is 0 Å². The second-order valence-corrected chi connectivity index (χ2v) is 11.5. The van der Waals surface area contributed by atoms with Gasteiger partial charge >= 0.3 is 0 Å². The third-order valence-corrected chi connectivity index (χ3v) is 9.00. The lowest BCUT2D eigenvalue weighted by atomic mass is 9.96. The third-order valence-electron chi connectivity index (χ3n) is 9.00. The van der Waals surface area contributed by atoms with Crippen LogP contribution in [0.5, 0.6) is 5.88 Å². The number of pyridine rings is 1. The average molecular weight is 555 g/mol. The summed E-state index contributed by atoms with van der Waals surface area (Å²) in [6.45, 7) is 12.7. The van der Waals surface area contributed by atoms with Crippen molar-refractivity contribution in [2.75, 3.05) is 56.2 Å². The van der Waals surface area contributed by atoms with Gasteiger partial charge in [0, 0.05) is 49.2 Å². The minimum atomic E-state index is -0.0573. The Bertz CT molecular complexity index is 1520. The summed E-state index contributed by atoms with van der Waals surface area (Å²) in [5.41, 5.74) is 6.80. The van der Waals surface area contributed by atoms with Crippen molar-refractivity contribution in [2.45, 2.75) is 51.7 Å². The summed E-state index contributed by atoms with van der Waals surface area (Å²) in [7, 11) is 2.12. The smallest absolute Gasteiger partial charge is 0.246 e. The molecule has 10 nitrogen and oxygen atoms in total. The van der Waals surface area contributed by atoms with E-state index in [-0.39, 0.29) is 11.9 Å². The second-order valence-electron chi connectivity index (χ2n) is 11.5. The number of nitriles is 1. The molecule has 0 aliphatic carbocycles. The van der Waals surface area contributed by atoms with E-state index in [0.29, 0.717) is 50.3 Å². The van der Waals surface area contributed by atoms with Crippen molar-refractivity contribution >= 4 is 28.2 Å². The first-order valence-electron chi connectivity index (χ1n) is 14.5. The van der Waals surface area contributed by atoms with E-state index in [2.05, 4.69) is 70.6 Å². The Morgan fingerprint density at radius 2 is 2.10 bits per heavy atom. The molecule has 3 aromatic rings. The van der Waals surface area contributed by atoms with Gasteiger partial charge in [-0.3, -0.25) is 9.89 Å². The van der Waals surface area contributed by atoms with Crippen LogP contribution in [0.2, 0.25) is 0 Å². The Morgan fingerprint density at radius 1 is 1.24 bits per heavy atom. The Morgan fingerprint density at radius 3 is 2.83 bits per heavy atom. The van der Waals surface area contributed by atoms with E-state index in [4.69, 9.17) is 9.72 Å². The molecule has 0 spiro atoms. The van der Waals surface area contributed by atoms with Crippen molar-refractivity contribution in [3.63, 3.8) is 0 Å². The number of rotatable bonds is 6. The standard InChI is InChI=1S/C31H38N8O2/c1-5-27(40)39-14-13-38(17-21(39)3)30-24-10-12-37(29-20(2)8-9-22-16-33-35-28(22)29)18-26(24)34-31(25(30)15-32)41-19-23-7-6-11-36(23)4/h5,8-9,16,21,23H,1,6-7,10-14,17-19H2,2-4H3,(H,33,35)/t21-,23+/m1/s1. The normalized spacial score (nSPS) is 21.2. The number of piperazine rings is 1. The van der Waals surface area contributed by atoms with Crippen LogP contribution in [0.25, 0.3) is 10.9 Å². The van der Waals surface area contributed by atoms with E-state index < -0.39 is 0 Å². The summed E-state index contributed by atoms with van der Waals surface area (Å²) in [6.07, 6.45) is 6.22. The molecule has 3 aliphatic rings. The first kappa shape index (κ1) is 27.1. The van der Waals surface area contributed by atoms with Gasteiger partial charge in [0.1, 0.15) is 18.2 Å². The molecule has 10 heteroatoms. The number of nitrogens with one attached hydrogen (secondary N) is 1. The van der Waals surface area contributed by atoms with E-state index >= 15 is 0 Å². The molecule has 0 radical (unpaired) electrons. The van der Waals surface area contributed by atoms with Gasteiger partial charge in [0.05, 0.1) is 35.3 Å². The zero-order valence-electron chi connectivity index (χ0n) is 24.2. The van der Waals surface area contributed by atoms with Gasteiger partial charge in [-0.2, -0.15) is 10.4 Å². The molecule has 2 saturated heterocycles. The summed E-state index contributed by atoms with van der Waals surface area (Å²) in [5, 5.41) is 19.0. The number of ether oxygens (including phenoxy) is 1. The van der Waals surface area contributed by atoms with Crippen LogP contribution in [0.15, 0.2) is 31.0 Å². The van der Waals surface area contributed by atoms with Gasteiger partial charge in [-0.1, -0.05) is 18.7 Å². The number of aromatic amines is 1. The molecule has 0 saturated carbocycles. The number of aromatic nitrogens is 3. The SMILES string of the molecule is C=CC(=O)N1CCN(c2c(C#N)c(OC[C@@H]3CCCN3C)nc3c2CCN(c2c(C)ccc4cn[nH]c24)C3)C[C@H]1C. The summed E-state index contributed by atoms with van der Waals surface area (Å²) < 4.78 is 6.39. The second kappa shape index (κ2) is 11.1. The van der Waals surface area contributed by atoms with Gasteiger partial charge < -0.3 is 24.3 Å². The average Bonchev–Trinajstić information content (AvgIpc) is 3.62. The van der Waals surface area contributed by atoms with E-state index in [0.717, 1.165) is 65.9 Å². The molecule has 1 amide bonds. The number of carbonyl (C=O) groups excluding carboxylic acids is 1. The molecule has 1 aromatic carbocycles. The van der Waals surface area contributed by atoms with E-state index in [1.807, 2.05) is 11.1 Å². The number of amides is 1. The molecule has 0 unspecified atom stereocenters. The number of likely N-dealkylation sites (N-methyl/N-ethyl adjacent to an activating group) is 1. The minimum absolute atomic E-state index is 0.0122. The van der Waals surface area contributed by atoms with Crippen LogP contribution in [-0.2, 0) is 17.8 Å². The monoisotopic (exact) mass is 554 g/mol. The van der Waals surface area contributed by atoms with Crippen LogP contribution in [0, 0.1) is 18.3 Å². The quantitative estimate of drug-likeness (QED) is 0.463. The van der Waals surface area contributed by atoms with Crippen LogP contribution in [0.4, 0.5) is 11.4 Å². The highest BCUT2D eigenvalue weighted by molar-refractivity contribution is 5.92. The van der Waals surface area contributed by atoms with Gasteiger partial charge in [0.2, 0.25) is 11.8 Å². The molecule has 0 bridgehead atoms. The topological polar surface area (TPSA) is 105 Å². The maximum Gasteiger partial charge on any atom is 0.246 e. The maximum atomic E-state index is 12.4. The molecule has 2 atom stereocenters. The van der Waals surface area contributed by atoms with Crippen molar-refractivity contribution in [2.24, 2.45) is 0 Å². The first-order chi connectivity index (χ1) is 19.9. The number of likely N-dealkylation sites (tertiary alicyclic amines) is 1. The molecular formula is C31H38N8O2. The molecule has 3 aliphatic heterocycles. The molecule has 2 fully saturated rings. The van der Waals surface area contributed by atoms with Gasteiger partial charge in [-0.05, 0) is 58.3 Å². The summed E-state index contributed by atoms with van der Waals surface area (Å²) in [5.74, 6) is 0.357. The molecule has 41 heavy (non-hydrogen) atoms. The van der Waals surface area contributed by atoms with Crippen LogP contribution < -0.4 is 14.5 Å². The third kappa shape index (κ3) is 4.88. The van der Waals surface area contributed by atoms with Crippen molar-refractivity contribution in [3.8, 4) is 11.9 Å². The first-order valence-corrected chi connectivity index (χ1v) is 14.5. The highest BCUT2D eigenvalue weighted by Gasteiger charge is 2.34. The van der Waals surface area contributed by atoms with Crippen molar-refractivity contribution in [3.05, 3.63) is 53.4 Å². The van der Waals surface area contributed by atoms with Gasteiger partial charge in [-0.15, -0.1) is 0 Å². The van der Waals surface area contributed by atoms with Crippen molar-refractivity contribution < 1.29 is 9.53 Å². The van der Waals surface area contributed by atoms with E-state index in [9.17, 15) is 10.1 Å². The number of hydrogen-bond acceptors (Lipinski definition) is 8. The lowest BCUT2D eigenvalue weighted by Crippen LogP contribution is -2.54. The number of aryl methyl sites for hydroxylation is 1. The summed E-state index contributed by atoms with van der Waals surface area (Å²) in [6, 6.07) is 7.00. The predicted molar refractivity (Wildman–Crippen MR) is 159 cm³/mol. The number of carbonyl (C=O) groups is 1. The zero-order valence-corrected chi connectivity index (χ0v) is 24.2. The molecular weight excluding hydrogens is 516 g/mol. The number of nitrogens with zero attached hydrogens (tertiary/aromatic N) is 7. The van der Waals surface area contributed by atoms with Crippen LogP contribution >= 0.6 is 0 Å². The molecule has 2 aromatic heterocycles. The van der Waals surface area contributed by atoms with Crippen LogP contribution in [0.3, 0.4) is 0 Å². The molecule has 214 valence electrons. The lowest BCUT2D eigenvalue weighted by molar-refractivity contribution is -0.128. The molecule has 1 N–H and O–H groups in total. The summed E-state index contributed by atoms with van der Waals surface area (Å²) >= 11 is 0. The number of fused-ring (bicyclic) bond motifs is 2. The molecule has 6 rings (SSSR count). The van der Waals surface area contributed by atoms with Gasteiger partial charge in [-0.25, -0.2) is 4.98 Å². The summed E-state index contributed by atoms with van der Waals surface area (Å²) in [4.78, 5) is 26.3. The van der Waals surface area contributed by atoms with Crippen LogP contribution in [0.1, 0.15) is 42.1 Å². The Hall–Kier alpha value is -4.10. The van der Waals surface area contributed by atoms with E-state index in [1.54, 1.807) is 0 Å². The minimum Gasteiger partial charge on any atom is -0.475 e. The fourth-order valence-corrected chi connectivity index (χ4v) is 6.76. The lowest BCUT2D eigenvalue weighted by Gasteiger charge is -2.42. The highest BCUT2D eigenvalue weighted by Crippen LogP contribution is 2.40. The maximum absolute atomic E-state index is 12.4. The fourth-order valence-electron chi connectivity index (χ4n) is 6.76.